The lowest BCUT2D eigenvalue weighted by molar-refractivity contribution is 0.384. The molecule has 0 amide bonds. The van der Waals surface area contributed by atoms with E-state index in [9.17, 15) is 13.5 Å². The lowest BCUT2D eigenvalue weighted by Crippen LogP contribution is -2.08. The summed E-state index contributed by atoms with van der Waals surface area (Å²) in [5.74, 6) is 0.0153. The van der Waals surface area contributed by atoms with E-state index in [0.717, 1.165) is 76.2 Å². The highest BCUT2D eigenvalue weighted by Gasteiger charge is 2.12. The smallest absolute Gasteiger partial charge is 0.446 e. The van der Waals surface area contributed by atoms with Gasteiger partial charge in [-0.25, -0.2) is 0 Å². The quantitative estimate of drug-likeness (QED) is 0.0950. The maximum Gasteiger partial charge on any atom is 0.446 e. The monoisotopic (exact) mass is 666 g/mol. The van der Waals surface area contributed by atoms with Gasteiger partial charge in [-0.15, -0.1) is 0 Å². The first-order chi connectivity index (χ1) is 22.1. The van der Waals surface area contributed by atoms with Crippen molar-refractivity contribution >= 4 is 10.4 Å². The van der Waals surface area contributed by atoms with Crippen LogP contribution < -0.4 is 4.18 Å². The maximum atomic E-state index is 11.1. The van der Waals surface area contributed by atoms with Gasteiger partial charge in [-0.3, -0.25) is 4.55 Å². The topological polar surface area (TPSA) is 83.8 Å². The third kappa shape index (κ3) is 23.0. The number of hydrogen-bond donors (Lipinski definition) is 2. The van der Waals surface area contributed by atoms with Gasteiger partial charge in [0.25, 0.3) is 0 Å². The van der Waals surface area contributed by atoms with Crippen molar-refractivity contribution in [3.8, 4) is 11.5 Å². The van der Waals surface area contributed by atoms with Crippen molar-refractivity contribution in [1.29, 1.82) is 0 Å². The minimum Gasteiger partial charge on any atom is -0.508 e. The standard InChI is InChI=1S/C41H62O5S/c1-32(2)15-9-16-33(3)17-10-18-34(4)19-11-20-35(5)21-12-22-36(6)23-13-24-37(7)25-14-26-38(8)27-28-39-31-40(42)29-30-41(39)46-47(43,44)45/h15,17,19,21,23,25,27,29-31,42H,9-14,16,18,20,22,24,26,28H2,1-8H3,(H,43,44,45). The molecule has 47 heavy (non-hydrogen) atoms. The molecule has 5 nitrogen and oxygen atoms in total. The van der Waals surface area contributed by atoms with Gasteiger partial charge in [0, 0.05) is 5.56 Å². The Labute approximate surface area is 287 Å². The summed E-state index contributed by atoms with van der Waals surface area (Å²) in [7, 11) is -4.63. The number of aromatic hydroxyl groups is 1. The van der Waals surface area contributed by atoms with Crippen molar-refractivity contribution < 1.29 is 22.3 Å². The molecule has 6 heteroatoms. The SMILES string of the molecule is CC(C)=CCCC(C)=CCCC(C)=CCCC(C)=CCCC(C)=CCCC(C)=CCCC(C)=CCc1cc(O)ccc1OS(=O)(=O)O. The molecule has 0 bridgehead atoms. The molecule has 0 heterocycles. The first kappa shape index (κ1) is 41.9. The zero-order valence-electron chi connectivity index (χ0n) is 30.5. The molecule has 0 saturated carbocycles. The number of hydrogen-bond acceptors (Lipinski definition) is 4. The number of allylic oxidation sites excluding steroid dienone is 14. The Kier molecular flexibility index (Phi) is 20.8. The number of rotatable bonds is 22. The molecule has 1 rings (SSSR count). The number of benzene rings is 1. The Morgan fingerprint density at radius 3 is 1.26 bits per heavy atom. The normalized spacial score (nSPS) is 14.1. The molecule has 0 aromatic heterocycles. The molecule has 0 fully saturated rings. The van der Waals surface area contributed by atoms with Crippen LogP contribution in [0, 0.1) is 0 Å². The third-order valence-electron chi connectivity index (χ3n) is 8.16. The predicted molar refractivity (Wildman–Crippen MR) is 201 cm³/mol. The Bertz CT molecular complexity index is 1430. The third-order valence-corrected chi connectivity index (χ3v) is 8.55. The summed E-state index contributed by atoms with van der Waals surface area (Å²) in [6.07, 6.45) is 29.6. The van der Waals surface area contributed by atoms with Crippen LogP contribution in [-0.2, 0) is 16.8 Å². The van der Waals surface area contributed by atoms with E-state index in [1.54, 1.807) is 0 Å². The summed E-state index contributed by atoms with van der Waals surface area (Å²) in [6, 6.07) is 4.09. The fraction of sp³-hybridized carbons (Fsp3) is 0.512. The van der Waals surface area contributed by atoms with Crippen molar-refractivity contribution in [2.24, 2.45) is 0 Å². The average Bonchev–Trinajstić information content (AvgIpc) is 2.96. The van der Waals surface area contributed by atoms with Crippen LogP contribution in [-0.4, -0.2) is 18.1 Å². The van der Waals surface area contributed by atoms with Gasteiger partial charge in [-0.2, -0.15) is 8.42 Å². The molecule has 0 aliphatic carbocycles. The Morgan fingerprint density at radius 1 is 0.574 bits per heavy atom. The summed E-state index contributed by atoms with van der Waals surface area (Å²) in [6.45, 7) is 17.6. The Hall–Kier alpha value is -3.09. The van der Waals surface area contributed by atoms with E-state index in [1.807, 2.05) is 13.0 Å². The molecule has 2 N–H and O–H groups in total. The van der Waals surface area contributed by atoms with Crippen LogP contribution in [0.4, 0.5) is 0 Å². The lowest BCUT2D eigenvalue weighted by atomic mass is 10.0. The van der Waals surface area contributed by atoms with Gasteiger partial charge in [0.15, 0.2) is 0 Å². The van der Waals surface area contributed by atoms with Crippen LogP contribution in [0.25, 0.3) is 0 Å². The second-order valence-corrected chi connectivity index (χ2v) is 14.3. The minimum atomic E-state index is -4.63. The summed E-state index contributed by atoms with van der Waals surface area (Å²) in [5, 5.41) is 9.77. The van der Waals surface area contributed by atoms with E-state index in [-0.39, 0.29) is 11.5 Å². The highest BCUT2D eigenvalue weighted by molar-refractivity contribution is 7.81. The molecule has 0 saturated heterocycles. The fourth-order valence-corrected chi connectivity index (χ4v) is 5.53. The summed E-state index contributed by atoms with van der Waals surface area (Å²) >= 11 is 0. The number of phenols is 1. The van der Waals surface area contributed by atoms with Crippen molar-refractivity contribution in [3.63, 3.8) is 0 Å². The second kappa shape index (κ2) is 23.3. The molecule has 0 aliphatic heterocycles. The zero-order valence-corrected chi connectivity index (χ0v) is 31.3. The predicted octanol–water partition coefficient (Wildman–Crippen LogP) is 12.4. The molecular formula is C41H62O5S. The lowest BCUT2D eigenvalue weighted by Gasteiger charge is -2.08. The summed E-state index contributed by atoms with van der Waals surface area (Å²) in [4.78, 5) is 0. The van der Waals surface area contributed by atoms with E-state index >= 15 is 0 Å². The van der Waals surface area contributed by atoms with Gasteiger partial charge in [0.2, 0.25) is 0 Å². The van der Waals surface area contributed by atoms with E-state index in [0.29, 0.717) is 12.0 Å². The van der Waals surface area contributed by atoms with Gasteiger partial charge in [-0.1, -0.05) is 81.5 Å². The molecule has 1 aromatic rings. The number of phenolic OH excluding ortho intramolecular Hbond substituents is 1. The van der Waals surface area contributed by atoms with E-state index < -0.39 is 10.4 Å². The summed E-state index contributed by atoms with van der Waals surface area (Å²) in [5.41, 5.74) is 10.4. The molecule has 0 aliphatic rings. The highest BCUT2D eigenvalue weighted by atomic mass is 32.3. The molecule has 0 atom stereocenters. The first-order valence-electron chi connectivity index (χ1n) is 17.2. The maximum absolute atomic E-state index is 11.1. The zero-order chi connectivity index (χ0) is 35.2. The molecule has 0 unspecified atom stereocenters. The van der Waals surface area contributed by atoms with Crippen LogP contribution >= 0.6 is 0 Å². The van der Waals surface area contributed by atoms with Gasteiger partial charge in [0.05, 0.1) is 0 Å². The first-order valence-corrected chi connectivity index (χ1v) is 18.6. The Morgan fingerprint density at radius 2 is 0.915 bits per heavy atom. The molecule has 0 spiro atoms. The van der Waals surface area contributed by atoms with Crippen LogP contribution in [0.2, 0.25) is 0 Å². The van der Waals surface area contributed by atoms with Gasteiger partial charge in [0.1, 0.15) is 11.5 Å². The van der Waals surface area contributed by atoms with Crippen LogP contribution in [0.15, 0.2) is 99.7 Å². The Balaban J connectivity index is 2.35. The minimum absolute atomic E-state index is 0.00728. The van der Waals surface area contributed by atoms with E-state index in [4.69, 9.17) is 4.55 Å². The second-order valence-electron chi connectivity index (χ2n) is 13.3. The molecular weight excluding hydrogens is 605 g/mol. The van der Waals surface area contributed by atoms with Gasteiger partial charge in [-0.05, 0) is 157 Å². The van der Waals surface area contributed by atoms with Crippen LogP contribution in [0.3, 0.4) is 0 Å². The van der Waals surface area contributed by atoms with Crippen molar-refractivity contribution in [1.82, 2.24) is 0 Å². The molecule has 0 radical (unpaired) electrons. The van der Waals surface area contributed by atoms with Gasteiger partial charge < -0.3 is 9.29 Å². The van der Waals surface area contributed by atoms with E-state index in [2.05, 4.69) is 89.1 Å². The largest absolute Gasteiger partial charge is 0.508 e. The summed E-state index contributed by atoms with van der Waals surface area (Å²) < 4.78 is 35.9. The van der Waals surface area contributed by atoms with E-state index in [1.165, 1.54) is 58.1 Å². The van der Waals surface area contributed by atoms with Gasteiger partial charge >= 0.3 is 10.4 Å². The average molecular weight is 667 g/mol. The van der Waals surface area contributed by atoms with Crippen molar-refractivity contribution in [3.05, 3.63) is 105 Å². The van der Waals surface area contributed by atoms with Crippen molar-refractivity contribution in [2.45, 2.75) is 139 Å². The van der Waals surface area contributed by atoms with Crippen LogP contribution in [0.1, 0.15) is 138 Å². The highest BCUT2D eigenvalue weighted by Crippen LogP contribution is 2.26. The fourth-order valence-electron chi connectivity index (χ4n) is 5.14. The molecule has 262 valence electrons. The van der Waals surface area contributed by atoms with Crippen LogP contribution in [0.5, 0.6) is 11.5 Å². The van der Waals surface area contributed by atoms with Crippen molar-refractivity contribution in [2.75, 3.05) is 0 Å². The molecule has 1 aromatic carbocycles.